The van der Waals surface area contributed by atoms with Gasteiger partial charge in [0.15, 0.2) is 0 Å². The van der Waals surface area contributed by atoms with E-state index in [4.69, 9.17) is 4.74 Å². The zero-order valence-electron chi connectivity index (χ0n) is 20.7. The fourth-order valence-electron chi connectivity index (χ4n) is 8.05. The van der Waals surface area contributed by atoms with Gasteiger partial charge in [0.2, 0.25) is 0 Å². The van der Waals surface area contributed by atoms with E-state index >= 15 is 0 Å². The van der Waals surface area contributed by atoms with Crippen molar-refractivity contribution in [3.05, 3.63) is 0 Å². The SMILES string of the molecule is CCCCC1(OC(=O)C(CC)CC(C)(C)C)CCC23CC1C(C)(C)C2CCC3C. The third kappa shape index (κ3) is 3.91. The molecule has 0 aromatic carbocycles. The predicted molar refractivity (Wildman–Crippen MR) is 122 cm³/mol. The molecule has 3 aliphatic carbocycles. The first-order valence-corrected chi connectivity index (χ1v) is 12.6. The van der Waals surface area contributed by atoms with Crippen molar-refractivity contribution >= 4 is 5.97 Å². The number of hydrogen-bond donors (Lipinski definition) is 0. The van der Waals surface area contributed by atoms with Gasteiger partial charge in [-0.3, -0.25) is 4.79 Å². The molecule has 0 N–H and O–H groups in total. The maximum atomic E-state index is 13.5. The lowest BCUT2D eigenvalue weighted by Gasteiger charge is -2.49. The minimum Gasteiger partial charge on any atom is -0.459 e. The van der Waals surface area contributed by atoms with Crippen LogP contribution in [0.1, 0.15) is 120 Å². The molecule has 6 unspecified atom stereocenters. The van der Waals surface area contributed by atoms with Crippen LogP contribution in [0.4, 0.5) is 0 Å². The number of rotatable bonds is 7. The quantitative estimate of drug-likeness (QED) is 0.405. The van der Waals surface area contributed by atoms with Gasteiger partial charge in [-0.25, -0.2) is 0 Å². The molecule has 3 fully saturated rings. The lowest BCUT2D eigenvalue weighted by molar-refractivity contribution is -0.185. The number of ether oxygens (including phenoxy) is 1. The molecule has 0 saturated heterocycles. The van der Waals surface area contributed by atoms with E-state index in [1.165, 1.54) is 38.5 Å². The molecule has 1 spiro atoms. The van der Waals surface area contributed by atoms with Crippen LogP contribution in [-0.4, -0.2) is 11.6 Å². The van der Waals surface area contributed by atoms with Crippen LogP contribution in [0.3, 0.4) is 0 Å². The summed E-state index contributed by atoms with van der Waals surface area (Å²) in [6, 6.07) is 0. The summed E-state index contributed by atoms with van der Waals surface area (Å²) < 4.78 is 6.70. The molecule has 3 rings (SSSR count). The number of carbonyl (C=O) groups excluding carboxylic acids is 1. The van der Waals surface area contributed by atoms with E-state index in [-0.39, 0.29) is 28.3 Å². The topological polar surface area (TPSA) is 26.3 Å². The van der Waals surface area contributed by atoms with Crippen LogP contribution >= 0.6 is 0 Å². The van der Waals surface area contributed by atoms with Crippen molar-refractivity contribution in [3.8, 4) is 0 Å². The molecule has 3 aliphatic rings. The molecule has 29 heavy (non-hydrogen) atoms. The summed E-state index contributed by atoms with van der Waals surface area (Å²) in [5, 5.41) is 0. The minimum absolute atomic E-state index is 0.0346. The maximum Gasteiger partial charge on any atom is 0.309 e. The van der Waals surface area contributed by atoms with Crippen LogP contribution in [-0.2, 0) is 9.53 Å². The van der Waals surface area contributed by atoms with Gasteiger partial charge in [-0.2, -0.15) is 0 Å². The highest BCUT2D eigenvalue weighted by molar-refractivity contribution is 5.73. The van der Waals surface area contributed by atoms with Gasteiger partial charge in [0, 0.05) is 5.92 Å². The molecule has 0 aliphatic heterocycles. The van der Waals surface area contributed by atoms with Gasteiger partial charge in [-0.1, -0.05) is 61.8 Å². The van der Waals surface area contributed by atoms with Gasteiger partial charge in [0.25, 0.3) is 0 Å². The van der Waals surface area contributed by atoms with Crippen molar-refractivity contribution in [2.75, 3.05) is 0 Å². The Morgan fingerprint density at radius 1 is 1.10 bits per heavy atom. The zero-order chi connectivity index (χ0) is 21.7. The lowest BCUT2D eigenvalue weighted by Crippen LogP contribution is -2.50. The molecule has 3 saturated carbocycles. The summed E-state index contributed by atoms with van der Waals surface area (Å²) in [5.74, 6) is 2.30. The Morgan fingerprint density at radius 2 is 1.79 bits per heavy atom. The van der Waals surface area contributed by atoms with Gasteiger partial charge < -0.3 is 4.74 Å². The first-order valence-electron chi connectivity index (χ1n) is 12.6. The second kappa shape index (κ2) is 7.86. The number of hydrogen-bond acceptors (Lipinski definition) is 2. The van der Waals surface area contributed by atoms with Crippen molar-refractivity contribution in [2.45, 2.75) is 125 Å². The average Bonchev–Trinajstić information content (AvgIpc) is 3.05. The van der Waals surface area contributed by atoms with Crippen LogP contribution in [0.15, 0.2) is 0 Å². The van der Waals surface area contributed by atoms with Gasteiger partial charge in [0.1, 0.15) is 5.60 Å². The molecule has 6 atom stereocenters. The lowest BCUT2D eigenvalue weighted by atomic mass is 9.62. The van der Waals surface area contributed by atoms with Crippen LogP contribution in [0.25, 0.3) is 0 Å². The summed E-state index contributed by atoms with van der Waals surface area (Å²) in [6.07, 6.45) is 11.6. The van der Waals surface area contributed by atoms with Crippen LogP contribution in [0.2, 0.25) is 0 Å². The van der Waals surface area contributed by atoms with Crippen molar-refractivity contribution in [2.24, 2.45) is 39.9 Å². The number of carbonyl (C=O) groups is 1. The monoisotopic (exact) mass is 404 g/mol. The summed E-state index contributed by atoms with van der Waals surface area (Å²) in [4.78, 5) is 13.5. The zero-order valence-corrected chi connectivity index (χ0v) is 20.7. The van der Waals surface area contributed by atoms with E-state index in [0.29, 0.717) is 11.3 Å². The van der Waals surface area contributed by atoms with Gasteiger partial charge in [-0.15, -0.1) is 0 Å². The second-order valence-electron chi connectivity index (χ2n) is 12.8. The molecule has 0 radical (unpaired) electrons. The van der Waals surface area contributed by atoms with Crippen molar-refractivity contribution in [3.63, 3.8) is 0 Å². The summed E-state index contributed by atoms with van der Waals surface area (Å²) in [5.41, 5.74) is 0.732. The Morgan fingerprint density at radius 3 is 2.38 bits per heavy atom. The number of esters is 1. The van der Waals surface area contributed by atoms with E-state index in [1.54, 1.807) is 0 Å². The van der Waals surface area contributed by atoms with E-state index < -0.39 is 0 Å². The number of unbranched alkanes of at least 4 members (excludes halogenated alkanes) is 1. The Labute approximate surface area is 180 Å². The second-order valence-corrected chi connectivity index (χ2v) is 12.8. The molecule has 0 aromatic rings. The van der Waals surface area contributed by atoms with Crippen LogP contribution in [0.5, 0.6) is 0 Å². The Bertz CT molecular complexity index is 600. The van der Waals surface area contributed by atoms with Crippen molar-refractivity contribution in [1.82, 2.24) is 0 Å². The first kappa shape index (κ1) is 23.1. The minimum atomic E-state index is -0.225. The van der Waals surface area contributed by atoms with Crippen LogP contribution in [0, 0.1) is 39.9 Å². The normalized spacial score (nSPS) is 39.2. The van der Waals surface area contributed by atoms with Gasteiger partial charge in [-0.05, 0) is 85.9 Å². The molecular weight excluding hydrogens is 356 g/mol. The molecule has 2 bridgehead atoms. The highest BCUT2D eigenvalue weighted by Crippen LogP contribution is 2.74. The number of fused-ring (bicyclic) bond motifs is 1. The molecule has 0 heterocycles. The molecule has 0 aromatic heterocycles. The third-order valence-electron chi connectivity index (χ3n) is 9.54. The van der Waals surface area contributed by atoms with Gasteiger partial charge >= 0.3 is 5.97 Å². The van der Waals surface area contributed by atoms with Gasteiger partial charge in [0.05, 0.1) is 5.92 Å². The maximum absolute atomic E-state index is 13.5. The van der Waals surface area contributed by atoms with Crippen LogP contribution < -0.4 is 0 Å². The summed E-state index contributed by atoms with van der Waals surface area (Å²) >= 11 is 0. The fourth-order valence-corrected chi connectivity index (χ4v) is 8.05. The summed E-state index contributed by atoms with van der Waals surface area (Å²) in [7, 11) is 0. The highest BCUT2D eigenvalue weighted by Gasteiger charge is 2.69. The Kier molecular flexibility index (Phi) is 6.28. The highest BCUT2D eigenvalue weighted by atomic mass is 16.6. The average molecular weight is 405 g/mol. The van der Waals surface area contributed by atoms with E-state index in [1.807, 2.05) is 0 Å². The molecule has 2 heteroatoms. The van der Waals surface area contributed by atoms with E-state index in [9.17, 15) is 4.79 Å². The molecular formula is C27H48O2. The predicted octanol–water partition coefficient (Wildman–Crippen LogP) is 7.79. The first-order chi connectivity index (χ1) is 13.4. The van der Waals surface area contributed by atoms with E-state index in [2.05, 4.69) is 55.4 Å². The Hall–Kier alpha value is -0.530. The van der Waals surface area contributed by atoms with E-state index in [0.717, 1.165) is 37.5 Å². The van der Waals surface area contributed by atoms with Crippen molar-refractivity contribution < 1.29 is 9.53 Å². The third-order valence-corrected chi connectivity index (χ3v) is 9.54. The largest absolute Gasteiger partial charge is 0.459 e. The Balaban J connectivity index is 1.89. The fraction of sp³-hybridized carbons (Fsp3) is 0.963. The smallest absolute Gasteiger partial charge is 0.309 e. The van der Waals surface area contributed by atoms with Crippen molar-refractivity contribution in [1.29, 1.82) is 0 Å². The molecule has 168 valence electrons. The molecule has 2 nitrogen and oxygen atoms in total. The molecule has 0 amide bonds. The summed E-state index contributed by atoms with van der Waals surface area (Å²) in [6.45, 7) is 18.7. The standard InChI is InChI=1S/C27H48O2/c1-9-11-14-27(29-23(28)20(10-2)17-24(4,5)6)16-15-26-18-22(27)25(7,8)21(26)13-12-19(26)3/h19-22H,9-18H2,1-8H3.